The molecule has 2 aromatic rings. The van der Waals surface area contributed by atoms with E-state index in [0.29, 0.717) is 36.6 Å². The van der Waals surface area contributed by atoms with Crippen LogP contribution in [0.4, 0.5) is 13.2 Å². The van der Waals surface area contributed by atoms with Gasteiger partial charge < -0.3 is 5.32 Å². The molecule has 35 heavy (non-hydrogen) atoms. The fourth-order valence-electron chi connectivity index (χ4n) is 5.22. The topological polar surface area (TPSA) is 56.1 Å². The molecule has 4 rings (SSSR count). The average Bonchev–Trinajstić information content (AvgIpc) is 2.86. The predicted molar refractivity (Wildman–Crippen MR) is 129 cm³/mol. The van der Waals surface area contributed by atoms with Gasteiger partial charge in [0.2, 0.25) is 5.91 Å². The van der Waals surface area contributed by atoms with Crippen molar-refractivity contribution in [2.45, 2.75) is 57.3 Å². The van der Waals surface area contributed by atoms with E-state index in [1.807, 2.05) is 12.1 Å². The lowest BCUT2D eigenvalue weighted by molar-refractivity contribution is -0.138. The van der Waals surface area contributed by atoms with Crippen molar-refractivity contribution < 1.29 is 18.0 Å². The third kappa shape index (κ3) is 6.73. The maximum absolute atomic E-state index is 13.3. The Balaban J connectivity index is 1.19. The van der Waals surface area contributed by atoms with Gasteiger partial charge in [0, 0.05) is 25.2 Å². The summed E-state index contributed by atoms with van der Waals surface area (Å²) in [5, 5.41) is 12.1. The highest BCUT2D eigenvalue weighted by atomic mass is 19.4. The highest BCUT2D eigenvalue weighted by molar-refractivity contribution is 5.91. The van der Waals surface area contributed by atoms with E-state index in [1.54, 1.807) is 24.3 Å². The van der Waals surface area contributed by atoms with E-state index in [4.69, 9.17) is 5.26 Å². The first-order valence-electron chi connectivity index (χ1n) is 12.2. The molecule has 0 saturated heterocycles. The van der Waals surface area contributed by atoms with Gasteiger partial charge in [-0.25, -0.2) is 0 Å². The van der Waals surface area contributed by atoms with Crippen molar-refractivity contribution in [3.05, 3.63) is 76.4 Å². The molecule has 1 aliphatic heterocycles. The molecule has 1 N–H and O–H groups in total. The quantitative estimate of drug-likeness (QED) is 0.538. The predicted octanol–water partition coefficient (Wildman–Crippen LogP) is 5.71. The SMILES string of the molecule is N#Cc1cccc(/C=C/C(=O)NC2CCC(CCN3CCc4c(cccc4C(F)(F)F)C3)CC2)c1. The summed E-state index contributed by atoms with van der Waals surface area (Å²) in [6.45, 7) is 2.13. The molecule has 184 valence electrons. The van der Waals surface area contributed by atoms with Crippen LogP contribution in [0.15, 0.2) is 48.5 Å². The summed E-state index contributed by atoms with van der Waals surface area (Å²) < 4.78 is 39.8. The maximum atomic E-state index is 13.3. The van der Waals surface area contributed by atoms with E-state index in [0.717, 1.165) is 49.8 Å². The van der Waals surface area contributed by atoms with E-state index in [-0.39, 0.29) is 11.9 Å². The third-order valence-corrected chi connectivity index (χ3v) is 7.14. The van der Waals surface area contributed by atoms with Crippen LogP contribution < -0.4 is 5.32 Å². The summed E-state index contributed by atoms with van der Waals surface area (Å²) in [5.74, 6) is 0.455. The molecule has 2 aliphatic rings. The van der Waals surface area contributed by atoms with Gasteiger partial charge in [-0.15, -0.1) is 0 Å². The van der Waals surface area contributed by atoms with Gasteiger partial charge in [0.25, 0.3) is 0 Å². The monoisotopic (exact) mass is 481 g/mol. The van der Waals surface area contributed by atoms with Gasteiger partial charge in [0.1, 0.15) is 0 Å². The first-order valence-corrected chi connectivity index (χ1v) is 12.2. The molecule has 2 aromatic carbocycles. The van der Waals surface area contributed by atoms with Gasteiger partial charge in [-0.05, 0) is 92.0 Å². The number of halogens is 3. The third-order valence-electron chi connectivity index (χ3n) is 7.14. The van der Waals surface area contributed by atoms with Crippen LogP contribution in [0, 0.1) is 17.2 Å². The maximum Gasteiger partial charge on any atom is 0.416 e. The van der Waals surface area contributed by atoms with Crippen LogP contribution in [0.25, 0.3) is 6.08 Å². The van der Waals surface area contributed by atoms with Crippen molar-refractivity contribution in [1.29, 1.82) is 5.26 Å². The Morgan fingerprint density at radius 2 is 1.91 bits per heavy atom. The molecule has 7 heteroatoms. The minimum Gasteiger partial charge on any atom is -0.350 e. The second-order valence-corrected chi connectivity index (χ2v) is 9.55. The summed E-state index contributed by atoms with van der Waals surface area (Å²) in [4.78, 5) is 14.6. The number of fused-ring (bicyclic) bond motifs is 1. The lowest BCUT2D eigenvalue weighted by Gasteiger charge is -2.33. The Labute approximate surface area is 204 Å². The molecule has 0 bridgehead atoms. The molecule has 1 saturated carbocycles. The van der Waals surface area contributed by atoms with E-state index in [1.165, 1.54) is 18.2 Å². The van der Waals surface area contributed by atoms with Crippen LogP contribution in [0.1, 0.15) is 59.9 Å². The van der Waals surface area contributed by atoms with Crippen molar-refractivity contribution in [3.8, 4) is 6.07 Å². The zero-order valence-electron chi connectivity index (χ0n) is 19.7. The summed E-state index contributed by atoms with van der Waals surface area (Å²) in [6, 6.07) is 13.9. The normalized spacial score (nSPS) is 20.9. The molecular formula is C28H30F3N3O. The first kappa shape index (κ1) is 25.0. The molecule has 0 radical (unpaired) electrons. The molecule has 1 heterocycles. The second kappa shape index (κ2) is 11.1. The number of hydrogen-bond donors (Lipinski definition) is 1. The summed E-state index contributed by atoms with van der Waals surface area (Å²) in [5.41, 5.74) is 2.15. The number of nitriles is 1. The lowest BCUT2D eigenvalue weighted by Crippen LogP contribution is -2.37. The number of nitrogens with one attached hydrogen (secondary N) is 1. The molecule has 1 aliphatic carbocycles. The number of benzene rings is 2. The molecule has 1 amide bonds. The van der Waals surface area contributed by atoms with Crippen LogP contribution in [-0.2, 0) is 23.9 Å². The van der Waals surface area contributed by atoms with Gasteiger partial charge in [0.05, 0.1) is 17.2 Å². The Morgan fingerprint density at radius 3 is 2.66 bits per heavy atom. The van der Waals surface area contributed by atoms with E-state index in [2.05, 4.69) is 16.3 Å². The summed E-state index contributed by atoms with van der Waals surface area (Å²) >= 11 is 0. The van der Waals surface area contributed by atoms with Crippen LogP contribution in [-0.4, -0.2) is 29.9 Å². The molecule has 0 aromatic heterocycles. The van der Waals surface area contributed by atoms with E-state index < -0.39 is 11.7 Å². The number of alkyl halides is 3. The Morgan fingerprint density at radius 1 is 1.14 bits per heavy atom. The Kier molecular flexibility index (Phi) is 7.92. The summed E-state index contributed by atoms with van der Waals surface area (Å²) in [6.07, 6.45) is 4.38. The van der Waals surface area contributed by atoms with Gasteiger partial charge in [-0.1, -0.05) is 24.3 Å². The number of carbonyl (C=O) groups is 1. The molecular weight excluding hydrogens is 451 g/mol. The fraction of sp³-hybridized carbons (Fsp3) is 0.429. The standard InChI is InChI=1S/C28H30F3N3O/c29-28(30,31)26-6-2-5-23-19-34(16-14-25(23)26)15-13-20-7-10-24(11-8-20)33-27(35)12-9-21-3-1-4-22(17-21)18-32/h1-6,9,12,17,20,24H,7-8,10-11,13-16,19H2,(H,33,35)/b12-9+. The van der Waals surface area contributed by atoms with Crippen molar-refractivity contribution in [1.82, 2.24) is 10.2 Å². The molecule has 0 atom stereocenters. The highest BCUT2D eigenvalue weighted by Crippen LogP contribution is 2.36. The number of nitrogens with zero attached hydrogens (tertiary/aromatic N) is 2. The van der Waals surface area contributed by atoms with E-state index in [9.17, 15) is 18.0 Å². The van der Waals surface area contributed by atoms with E-state index >= 15 is 0 Å². The van der Waals surface area contributed by atoms with Crippen LogP contribution in [0.5, 0.6) is 0 Å². The zero-order chi connectivity index (χ0) is 24.8. The minimum absolute atomic E-state index is 0.124. The van der Waals surface area contributed by atoms with Crippen molar-refractivity contribution >= 4 is 12.0 Å². The molecule has 1 fully saturated rings. The molecule has 0 unspecified atom stereocenters. The van der Waals surface area contributed by atoms with Crippen molar-refractivity contribution in [2.24, 2.45) is 5.92 Å². The first-order chi connectivity index (χ1) is 16.8. The fourth-order valence-corrected chi connectivity index (χ4v) is 5.22. The largest absolute Gasteiger partial charge is 0.416 e. The van der Waals surface area contributed by atoms with Gasteiger partial charge in [0.15, 0.2) is 0 Å². The van der Waals surface area contributed by atoms with Gasteiger partial charge in [-0.2, -0.15) is 18.4 Å². The lowest BCUT2D eigenvalue weighted by atomic mass is 9.83. The van der Waals surface area contributed by atoms with Crippen molar-refractivity contribution in [3.63, 3.8) is 0 Å². The van der Waals surface area contributed by atoms with Crippen molar-refractivity contribution in [2.75, 3.05) is 13.1 Å². The number of carbonyl (C=O) groups excluding carboxylic acids is 1. The number of amides is 1. The highest BCUT2D eigenvalue weighted by Gasteiger charge is 2.35. The average molecular weight is 482 g/mol. The van der Waals surface area contributed by atoms with Crippen LogP contribution >= 0.6 is 0 Å². The Hall–Kier alpha value is -3.11. The Bertz CT molecular complexity index is 1110. The number of hydrogen-bond acceptors (Lipinski definition) is 3. The molecule has 0 spiro atoms. The van der Waals surface area contributed by atoms with Gasteiger partial charge in [-0.3, -0.25) is 9.69 Å². The van der Waals surface area contributed by atoms with Crippen LogP contribution in [0.3, 0.4) is 0 Å². The minimum atomic E-state index is -4.29. The summed E-state index contributed by atoms with van der Waals surface area (Å²) in [7, 11) is 0. The number of rotatable bonds is 6. The second-order valence-electron chi connectivity index (χ2n) is 9.55. The van der Waals surface area contributed by atoms with Crippen LogP contribution in [0.2, 0.25) is 0 Å². The molecule has 4 nitrogen and oxygen atoms in total. The smallest absolute Gasteiger partial charge is 0.350 e. The van der Waals surface area contributed by atoms with Gasteiger partial charge >= 0.3 is 6.18 Å². The zero-order valence-corrected chi connectivity index (χ0v) is 19.7.